The van der Waals surface area contributed by atoms with Crippen molar-refractivity contribution in [1.82, 2.24) is 0 Å². The zero-order chi connectivity index (χ0) is 10.0. The summed E-state index contributed by atoms with van der Waals surface area (Å²) in [6.07, 6.45) is 0.314. The highest BCUT2D eigenvalue weighted by atomic mass is 35.5. The highest BCUT2D eigenvalue weighted by Gasteiger charge is 2.13. The maximum atomic E-state index is 12.7. The van der Waals surface area contributed by atoms with Crippen molar-refractivity contribution in [3.63, 3.8) is 0 Å². The Morgan fingerprint density at radius 2 is 2.15 bits per heavy atom. The Morgan fingerprint density at radius 3 is 2.62 bits per heavy atom. The molecular weight excluding hydrogens is 199 g/mol. The number of benzene rings is 1. The first-order valence-corrected chi connectivity index (χ1v) is 3.61. The second kappa shape index (κ2) is 3.53. The molecule has 3 nitrogen and oxygen atoms in total. The van der Waals surface area contributed by atoms with Crippen molar-refractivity contribution in [3.05, 3.63) is 34.1 Å². The van der Waals surface area contributed by atoms with Gasteiger partial charge in [0, 0.05) is 5.56 Å². The number of carbonyl (C=O) groups excluding carboxylic acids is 1. The van der Waals surface area contributed by atoms with Crippen LogP contribution >= 0.6 is 11.6 Å². The summed E-state index contributed by atoms with van der Waals surface area (Å²) < 4.78 is 12.7. The van der Waals surface area contributed by atoms with Gasteiger partial charge in [-0.2, -0.15) is 0 Å². The van der Waals surface area contributed by atoms with E-state index < -0.39 is 17.3 Å². The minimum absolute atomic E-state index is 0.140. The molecule has 0 radical (unpaired) electrons. The molecular formula is C8H4ClFO3. The number of rotatable bonds is 2. The lowest BCUT2D eigenvalue weighted by Crippen LogP contribution is -2.02. The Hall–Kier alpha value is -1.42. The molecule has 1 rings (SSSR count). The van der Waals surface area contributed by atoms with Crippen molar-refractivity contribution < 1.29 is 19.1 Å². The standard InChI is InChI=1S/C8H4ClFO3/c9-6-1-4(3-11)5(8(12)13)2-7(6)10/h1-3H,(H,12,13). The fraction of sp³-hybridized carbons (Fsp3) is 0. The van der Waals surface area contributed by atoms with Crippen LogP contribution in [0.5, 0.6) is 0 Å². The van der Waals surface area contributed by atoms with Crippen molar-refractivity contribution in [2.45, 2.75) is 0 Å². The van der Waals surface area contributed by atoms with E-state index in [0.717, 1.165) is 6.07 Å². The van der Waals surface area contributed by atoms with E-state index in [-0.39, 0.29) is 10.6 Å². The third kappa shape index (κ3) is 1.84. The van der Waals surface area contributed by atoms with Crippen LogP contribution in [0.2, 0.25) is 5.02 Å². The molecule has 13 heavy (non-hydrogen) atoms. The van der Waals surface area contributed by atoms with Gasteiger partial charge in [-0.25, -0.2) is 9.18 Å². The maximum absolute atomic E-state index is 12.7. The fourth-order valence-electron chi connectivity index (χ4n) is 0.845. The Morgan fingerprint density at radius 1 is 1.54 bits per heavy atom. The number of carbonyl (C=O) groups is 2. The molecule has 0 aliphatic carbocycles. The van der Waals surface area contributed by atoms with Gasteiger partial charge in [0.25, 0.3) is 0 Å². The summed E-state index contributed by atoms with van der Waals surface area (Å²) in [5, 5.41) is 8.27. The molecule has 1 N–H and O–H groups in total. The molecule has 0 saturated carbocycles. The van der Waals surface area contributed by atoms with Crippen molar-refractivity contribution in [3.8, 4) is 0 Å². The summed E-state index contributed by atoms with van der Waals surface area (Å²) in [6, 6.07) is 1.70. The van der Waals surface area contributed by atoms with Crippen LogP contribution in [-0.2, 0) is 0 Å². The van der Waals surface area contributed by atoms with Crippen LogP contribution in [0.25, 0.3) is 0 Å². The summed E-state index contributed by atoms with van der Waals surface area (Å²) in [4.78, 5) is 20.8. The number of carboxylic acids is 1. The van der Waals surface area contributed by atoms with Crippen LogP contribution < -0.4 is 0 Å². The predicted octanol–water partition coefficient (Wildman–Crippen LogP) is 1.99. The molecule has 0 fully saturated rings. The van der Waals surface area contributed by atoms with Crippen LogP contribution in [0.4, 0.5) is 4.39 Å². The van der Waals surface area contributed by atoms with Crippen molar-refractivity contribution in [1.29, 1.82) is 0 Å². The van der Waals surface area contributed by atoms with Gasteiger partial charge in [0.1, 0.15) is 5.82 Å². The van der Waals surface area contributed by atoms with Gasteiger partial charge in [0.05, 0.1) is 10.6 Å². The van der Waals surface area contributed by atoms with Gasteiger partial charge in [0.2, 0.25) is 0 Å². The van der Waals surface area contributed by atoms with Gasteiger partial charge >= 0.3 is 5.97 Å². The van der Waals surface area contributed by atoms with Gasteiger partial charge in [-0.15, -0.1) is 0 Å². The first kappa shape index (κ1) is 9.67. The Labute approximate surface area is 77.7 Å². The molecule has 5 heteroatoms. The van der Waals surface area contributed by atoms with E-state index in [4.69, 9.17) is 16.7 Å². The Balaban J connectivity index is 3.41. The van der Waals surface area contributed by atoms with Gasteiger partial charge in [0.15, 0.2) is 6.29 Å². The predicted molar refractivity (Wildman–Crippen MR) is 43.8 cm³/mol. The largest absolute Gasteiger partial charge is 0.478 e. The Bertz CT molecular complexity index is 376. The summed E-state index contributed by atoms with van der Waals surface area (Å²) in [5.74, 6) is -2.22. The van der Waals surface area contributed by atoms with Crippen molar-refractivity contribution >= 4 is 23.9 Å². The number of aromatic carboxylic acids is 1. The van der Waals surface area contributed by atoms with E-state index in [1.807, 2.05) is 0 Å². The lowest BCUT2D eigenvalue weighted by atomic mass is 10.1. The van der Waals surface area contributed by atoms with E-state index >= 15 is 0 Å². The molecule has 0 aromatic heterocycles. The molecule has 0 amide bonds. The first-order valence-electron chi connectivity index (χ1n) is 3.23. The third-order valence-electron chi connectivity index (χ3n) is 1.45. The summed E-state index contributed by atoms with van der Waals surface area (Å²) in [7, 11) is 0. The minimum atomic E-state index is -1.36. The second-order valence-electron chi connectivity index (χ2n) is 2.28. The zero-order valence-electron chi connectivity index (χ0n) is 6.25. The van der Waals surface area contributed by atoms with Crippen LogP contribution in [0, 0.1) is 5.82 Å². The van der Waals surface area contributed by atoms with E-state index in [9.17, 15) is 14.0 Å². The molecule has 0 aliphatic heterocycles. The van der Waals surface area contributed by atoms with Crippen molar-refractivity contribution in [2.75, 3.05) is 0 Å². The topological polar surface area (TPSA) is 54.4 Å². The average molecular weight is 203 g/mol. The van der Waals surface area contributed by atoms with Gasteiger partial charge < -0.3 is 5.11 Å². The summed E-state index contributed by atoms with van der Waals surface area (Å²) in [5.41, 5.74) is -0.532. The lowest BCUT2D eigenvalue weighted by Gasteiger charge is -2.00. The SMILES string of the molecule is O=Cc1cc(Cl)c(F)cc1C(=O)O. The van der Waals surface area contributed by atoms with Crippen LogP contribution in [0.3, 0.4) is 0 Å². The molecule has 1 aromatic carbocycles. The van der Waals surface area contributed by atoms with Crippen LogP contribution in [0.1, 0.15) is 20.7 Å². The zero-order valence-corrected chi connectivity index (χ0v) is 7.01. The molecule has 0 aliphatic rings. The third-order valence-corrected chi connectivity index (χ3v) is 1.74. The molecule has 0 bridgehead atoms. The number of halogens is 2. The summed E-state index contributed by atoms with van der Waals surface area (Å²) >= 11 is 5.34. The Kier molecular flexibility index (Phi) is 2.63. The lowest BCUT2D eigenvalue weighted by molar-refractivity contribution is 0.0693. The van der Waals surface area contributed by atoms with Crippen LogP contribution in [-0.4, -0.2) is 17.4 Å². The molecule has 1 aromatic rings. The number of hydrogen-bond acceptors (Lipinski definition) is 2. The van der Waals surface area contributed by atoms with Crippen LogP contribution in [0.15, 0.2) is 12.1 Å². The number of carboxylic acid groups (broad SMARTS) is 1. The van der Waals surface area contributed by atoms with Crippen molar-refractivity contribution in [2.24, 2.45) is 0 Å². The normalized spacial score (nSPS) is 9.69. The second-order valence-corrected chi connectivity index (χ2v) is 2.68. The monoisotopic (exact) mass is 202 g/mol. The first-order chi connectivity index (χ1) is 6.06. The van der Waals surface area contributed by atoms with E-state index in [1.54, 1.807) is 0 Å². The molecule has 0 spiro atoms. The van der Waals surface area contributed by atoms with Gasteiger partial charge in [-0.05, 0) is 12.1 Å². The van der Waals surface area contributed by atoms with E-state index in [2.05, 4.69) is 0 Å². The highest BCUT2D eigenvalue weighted by Crippen LogP contribution is 2.19. The quantitative estimate of drug-likeness (QED) is 0.747. The molecule has 0 unspecified atom stereocenters. The number of aldehydes is 1. The minimum Gasteiger partial charge on any atom is -0.478 e. The highest BCUT2D eigenvalue weighted by molar-refractivity contribution is 6.31. The summed E-state index contributed by atoms with van der Waals surface area (Å²) in [6.45, 7) is 0. The fourth-order valence-corrected chi connectivity index (χ4v) is 1.02. The number of hydrogen-bond donors (Lipinski definition) is 1. The van der Waals surface area contributed by atoms with E-state index in [0.29, 0.717) is 12.4 Å². The molecule has 0 atom stereocenters. The van der Waals surface area contributed by atoms with Gasteiger partial charge in [-0.1, -0.05) is 11.6 Å². The average Bonchev–Trinajstić information content (AvgIpc) is 2.08. The van der Waals surface area contributed by atoms with E-state index in [1.165, 1.54) is 0 Å². The molecule has 68 valence electrons. The molecule has 0 heterocycles. The maximum Gasteiger partial charge on any atom is 0.336 e. The molecule has 0 saturated heterocycles. The smallest absolute Gasteiger partial charge is 0.336 e. The van der Waals surface area contributed by atoms with Gasteiger partial charge in [-0.3, -0.25) is 4.79 Å².